The normalized spacial score (nSPS) is 11.8. The third kappa shape index (κ3) is 4.87. The molecule has 0 fully saturated rings. The van der Waals surface area contributed by atoms with Crippen molar-refractivity contribution in [3.63, 3.8) is 0 Å². The molecule has 29 heavy (non-hydrogen) atoms. The Morgan fingerprint density at radius 3 is 2.62 bits per heavy atom. The molecule has 0 unspecified atom stereocenters. The van der Waals surface area contributed by atoms with Gasteiger partial charge in [0.1, 0.15) is 11.3 Å². The molecular formula is C25H33N3O. The molecule has 0 bridgehead atoms. The van der Waals surface area contributed by atoms with Crippen LogP contribution in [0.15, 0.2) is 43.0 Å². The minimum absolute atomic E-state index is 0.246. The lowest BCUT2D eigenvalue weighted by Crippen LogP contribution is -2.13. The highest BCUT2D eigenvalue weighted by atomic mass is 16.5. The van der Waals surface area contributed by atoms with Crippen LogP contribution in [0.3, 0.4) is 0 Å². The highest BCUT2D eigenvalue weighted by molar-refractivity contribution is 5.77. The molecule has 4 nitrogen and oxygen atoms in total. The SMILES string of the molecule is C=CCCCc1cc(OCCC(C)(C)C)c(C)c(-n2nnc3ccccc32)c1C. The molecular weight excluding hydrogens is 358 g/mol. The number of fused-ring (bicyclic) bond motifs is 1. The van der Waals surface area contributed by atoms with E-state index in [4.69, 9.17) is 4.74 Å². The molecule has 154 valence electrons. The number of unbranched alkanes of at least 4 members (excludes halogenated alkanes) is 1. The Kier molecular flexibility index (Phi) is 6.41. The van der Waals surface area contributed by atoms with Crippen LogP contribution in [0.4, 0.5) is 0 Å². The van der Waals surface area contributed by atoms with E-state index in [-0.39, 0.29) is 5.41 Å². The first-order valence-electron chi connectivity index (χ1n) is 10.5. The fraction of sp³-hybridized carbons (Fsp3) is 0.440. The van der Waals surface area contributed by atoms with E-state index in [1.807, 2.05) is 29.0 Å². The zero-order chi connectivity index (χ0) is 21.0. The van der Waals surface area contributed by atoms with E-state index in [1.54, 1.807) is 0 Å². The quantitative estimate of drug-likeness (QED) is 0.331. The predicted molar refractivity (Wildman–Crippen MR) is 121 cm³/mol. The van der Waals surface area contributed by atoms with Crippen LogP contribution in [0.1, 0.15) is 56.7 Å². The van der Waals surface area contributed by atoms with Crippen molar-refractivity contribution in [2.45, 2.75) is 60.3 Å². The summed E-state index contributed by atoms with van der Waals surface area (Å²) in [6.07, 6.45) is 6.07. The van der Waals surface area contributed by atoms with E-state index in [0.29, 0.717) is 6.61 Å². The van der Waals surface area contributed by atoms with Crippen LogP contribution in [0.2, 0.25) is 0 Å². The lowest BCUT2D eigenvalue weighted by molar-refractivity contribution is 0.241. The molecule has 0 N–H and O–H groups in total. The predicted octanol–water partition coefficient (Wildman–Crippen LogP) is 6.36. The van der Waals surface area contributed by atoms with Gasteiger partial charge in [-0.3, -0.25) is 0 Å². The van der Waals surface area contributed by atoms with Crippen LogP contribution < -0.4 is 4.74 Å². The molecule has 1 heterocycles. The number of aryl methyl sites for hydroxylation is 1. The second kappa shape index (κ2) is 8.81. The molecule has 0 atom stereocenters. The Balaban J connectivity index is 2.06. The van der Waals surface area contributed by atoms with Crippen molar-refractivity contribution < 1.29 is 4.74 Å². The molecule has 0 aliphatic carbocycles. The summed E-state index contributed by atoms with van der Waals surface area (Å²) in [4.78, 5) is 0. The van der Waals surface area contributed by atoms with Gasteiger partial charge in [-0.15, -0.1) is 11.7 Å². The number of allylic oxidation sites excluding steroid dienone is 1. The van der Waals surface area contributed by atoms with Crippen molar-refractivity contribution in [2.75, 3.05) is 6.61 Å². The van der Waals surface area contributed by atoms with E-state index >= 15 is 0 Å². The number of aromatic nitrogens is 3. The Bertz CT molecular complexity index is 995. The highest BCUT2D eigenvalue weighted by Crippen LogP contribution is 2.33. The highest BCUT2D eigenvalue weighted by Gasteiger charge is 2.19. The van der Waals surface area contributed by atoms with Crippen molar-refractivity contribution in [1.82, 2.24) is 15.0 Å². The van der Waals surface area contributed by atoms with Gasteiger partial charge >= 0.3 is 0 Å². The second-order valence-corrected chi connectivity index (χ2v) is 8.96. The zero-order valence-corrected chi connectivity index (χ0v) is 18.5. The lowest BCUT2D eigenvalue weighted by Gasteiger charge is -2.22. The van der Waals surface area contributed by atoms with Gasteiger partial charge in [0.2, 0.25) is 0 Å². The van der Waals surface area contributed by atoms with Gasteiger partial charge in [0.25, 0.3) is 0 Å². The van der Waals surface area contributed by atoms with Gasteiger partial charge in [0.15, 0.2) is 0 Å². The molecule has 3 rings (SSSR count). The lowest BCUT2D eigenvalue weighted by atomic mass is 9.93. The van der Waals surface area contributed by atoms with Crippen molar-refractivity contribution >= 4 is 11.0 Å². The van der Waals surface area contributed by atoms with E-state index in [9.17, 15) is 0 Å². The average molecular weight is 392 g/mol. The summed E-state index contributed by atoms with van der Waals surface area (Å²) in [7, 11) is 0. The van der Waals surface area contributed by atoms with Gasteiger partial charge in [-0.05, 0) is 74.3 Å². The molecule has 0 radical (unpaired) electrons. The van der Waals surface area contributed by atoms with Crippen molar-refractivity contribution in [1.29, 1.82) is 0 Å². The first-order valence-corrected chi connectivity index (χ1v) is 10.5. The maximum atomic E-state index is 6.28. The molecule has 3 aromatic rings. The fourth-order valence-electron chi connectivity index (χ4n) is 3.59. The molecule has 2 aromatic carbocycles. The second-order valence-electron chi connectivity index (χ2n) is 8.96. The third-order valence-corrected chi connectivity index (χ3v) is 5.39. The first kappa shape index (κ1) is 21.1. The summed E-state index contributed by atoms with van der Waals surface area (Å²) in [5.74, 6) is 0.947. The van der Waals surface area contributed by atoms with Crippen molar-refractivity contribution in [2.24, 2.45) is 5.41 Å². The molecule has 4 heteroatoms. The molecule has 0 aliphatic heterocycles. The minimum atomic E-state index is 0.246. The van der Waals surface area contributed by atoms with Crippen LogP contribution in [0.5, 0.6) is 5.75 Å². The third-order valence-electron chi connectivity index (χ3n) is 5.39. The summed E-state index contributed by atoms with van der Waals surface area (Å²) < 4.78 is 8.25. The number of benzene rings is 2. The van der Waals surface area contributed by atoms with Gasteiger partial charge in [0, 0.05) is 5.56 Å². The Labute approximate surface area is 174 Å². The molecule has 0 aliphatic rings. The van der Waals surface area contributed by atoms with Crippen molar-refractivity contribution in [3.05, 3.63) is 59.7 Å². The Hall–Kier alpha value is -2.62. The smallest absolute Gasteiger partial charge is 0.124 e. The van der Waals surface area contributed by atoms with Crippen molar-refractivity contribution in [3.8, 4) is 11.4 Å². The van der Waals surface area contributed by atoms with E-state index in [1.165, 1.54) is 11.1 Å². The van der Waals surface area contributed by atoms with Gasteiger partial charge in [-0.2, -0.15) is 0 Å². The summed E-state index contributed by atoms with van der Waals surface area (Å²) in [6.45, 7) is 15.6. The number of hydrogen-bond donors (Lipinski definition) is 0. The zero-order valence-electron chi connectivity index (χ0n) is 18.5. The minimum Gasteiger partial charge on any atom is -0.493 e. The molecule has 0 saturated heterocycles. The monoisotopic (exact) mass is 391 g/mol. The summed E-state index contributed by atoms with van der Waals surface area (Å²) in [5, 5.41) is 8.85. The Morgan fingerprint density at radius 2 is 1.90 bits per heavy atom. The largest absolute Gasteiger partial charge is 0.493 e. The van der Waals surface area contributed by atoms with E-state index in [2.05, 4.69) is 63.6 Å². The number of hydrogen-bond acceptors (Lipinski definition) is 3. The summed E-state index contributed by atoms with van der Waals surface area (Å²) >= 11 is 0. The van der Waals surface area contributed by atoms with E-state index < -0.39 is 0 Å². The molecule has 0 amide bonds. The van der Waals surface area contributed by atoms with Crippen LogP contribution in [-0.2, 0) is 6.42 Å². The van der Waals surface area contributed by atoms with Gasteiger partial charge in [-0.1, -0.05) is 44.2 Å². The molecule has 1 aromatic heterocycles. The Morgan fingerprint density at radius 1 is 1.14 bits per heavy atom. The first-order chi connectivity index (χ1) is 13.8. The van der Waals surface area contributed by atoms with Gasteiger partial charge < -0.3 is 4.74 Å². The number of rotatable bonds is 8. The maximum Gasteiger partial charge on any atom is 0.124 e. The maximum absolute atomic E-state index is 6.28. The van der Waals surface area contributed by atoms with Gasteiger partial charge in [0.05, 0.1) is 17.8 Å². The topological polar surface area (TPSA) is 39.9 Å². The number of para-hydroxylation sites is 1. The van der Waals surface area contributed by atoms with E-state index in [0.717, 1.165) is 53.7 Å². The van der Waals surface area contributed by atoms with Crippen LogP contribution in [0.25, 0.3) is 16.7 Å². The molecule has 0 spiro atoms. The summed E-state index contributed by atoms with van der Waals surface area (Å²) in [5.41, 5.74) is 6.90. The van der Waals surface area contributed by atoms with Crippen LogP contribution >= 0.6 is 0 Å². The van der Waals surface area contributed by atoms with Crippen LogP contribution in [0, 0.1) is 19.3 Å². The summed E-state index contributed by atoms with van der Waals surface area (Å²) in [6, 6.07) is 10.3. The van der Waals surface area contributed by atoms with Gasteiger partial charge in [-0.25, -0.2) is 4.68 Å². The van der Waals surface area contributed by atoms with Crippen LogP contribution in [-0.4, -0.2) is 21.6 Å². The number of ether oxygens (including phenoxy) is 1. The average Bonchev–Trinajstić information content (AvgIpc) is 3.08. The molecule has 0 saturated carbocycles. The fourth-order valence-corrected chi connectivity index (χ4v) is 3.59. The number of nitrogens with zero attached hydrogens (tertiary/aromatic N) is 3. The standard InChI is InChI=1S/C25H33N3O/c1-7-8-9-12-20-17-23(29-16-15-25(4,5)6)19(3)24(18(20)2)28-22-14-11-10-13-21(22)26-27-28/h7,10-11,13-14,17H,1,8-9,12,15-16H2,2-6H3.